The quantitative estimate of drug-likeness (QED) is 0.524. The first kappa shape index (κ1) is 9.79. The van der Waals surface area contributed by atoms with Crippen LogP contribution >= 0.6 is 0 Å². The molecule has 0 aliphatic rings. The number of nitrogens with two attached hydrogens (primary N) is 1. The van der Waals surface area contributed by atoms with Crippen LogP contribution in [0.2, 0.25) is 0 Å². The molecule has 6 heteroatoms. The lowest BCUT2D eigenvalue weighted by atomic mass is 10.1. The van der Waals surface area contributed by atoms with Gasteiger partial charge in [0, 0.05) is 6.20 Å². The summed E-state index contributed by atoms with van der Waals surface area (Å²) in [7, 11) is 0. The highest BCUT2D eigenvalue weighted by Crippen LogP contribution is 2.32. The summed E-state index contributed by atoms with van der Waals surface area (Å²) in [5.74, 6) is 4.93. The van der Waals surface area contributed by atoms with Crippen LogP contribution < -0.4 is 11.3 Å². The summed E-state index contributed by atoms with van der Waals surface area (Å²) >= 11 is 0. The van der Waals surface area contributed by atoms with E-state index in [4.69, 9.17) is 5.84 Å². The number of aryl methyl sites for hydroxylation is 1. The lowest BCUT2D eigenvalue weighted by Crippen LogP contribution is -2.13. The lowest BCUT2D eigenvalue weighted by Gasteiger charge is -2.10. The molecule has 3 N–H and O–H groups in total. The van der Waals surface area contributed by atoms with Crippen molar-refractivity contribution in [2.45, 2.75) is 13.1 Å². The third-order valence-corrected chi connectivity index (χ3v) is 1.56. The minimum atomic E-state index is -4.36. The number of nitrogen functional groups attached to an aromatic ring is 1. The van der Waals surface area contributed by atoms with E-state index < -0.39 is 11.7 Å². The Morgan fingerprint density at radius 1 is 1.46 bits per heavy atom. The predicted molar refractivity (Wildman–Crippen MR) is 41.8 cm³/mol. The molecule has 1 heterocycles. The highest BCUT2D eigenvalue weighted by atomic mass is 19.4. The fourth-order valence-corrected chi connectivity index (χ4v) is 0.908. The molecule has 0 bridgehead atoms. The van der Waals surface area contributed by atoms with Crippen molar-refractivity contribution in [3.8, 4) is 0 Å². The van der Waals surface area contributed by atoms with Crippen molar-refractivity contribution in [1.82, 2.24) is 4.98 Å². The number of rotatable bonds is 1. The maximum Gasteiger partial charge on any atom is 0.416 e. The molecule has 0 aromatic carbocycles. The number of halogens is 3. The molecule has 0 aliphatic heterocycles. The van der Waals surface area contributed by atoms with Crippen LogP contribution in [-0.2, 0) is 6.18 Å². The number of hydrogen-bond donors (Lipinski definition) is 2. The smallest absolute Gasteiger partial charge is 0.308 e. The van der Waals surface area contributed by atoms with Gasteiger partial charge in [-0.05, 0) is 18.6 Å². The van der Waals surface area contributed by atoms with E-state index in [1.54, 1.807) is 0 Å². The topological polar surface area (TPSA) is 50.9 Å². The summed E-state index contributed by atoms with van der Waals surface area (Å²) in [6.45, 7) is 1.34. The molecule has 72 valence electrons. The zero-order chi connectivity index (χ0) is 10.1. The molecule has 0 unspecified atom stereocenters. The Balaban J connectivity index is 3.19. The number of hydrazine groups is 1. The van der Waals surface area contributed by atoms with Gasteiger partial charge in [-0.25, -0.2) is 10.8 Å². The molecule has 1 rings (SSSR count). The van der Waals surface area contributed by atoms with E-state index in [1.807, 2.05) is 0 Å². The van der Waals surface area contributed by atoms with Crippen LogP contribution in [0.5, 0.6) is 0 Å². The number of nitrogens with zero attached hydrogens (tertiary/aromatic N) is 1. The first-order chi connectivity index (χ1) is 5.95. The summed E-state index contributed by atoms with van der Waals surface area (Å²) in [6, 6.07) is 0.870. The Morgan fingerprint density at radius 3 is 2.54 bits per heavy atom. The second-order valence-corrected chi connectivity index (χ2v) is 2.53. The summed E-state index contributed by atoms with van der Waals surface area (Å²) in [5.41, 5.74) is 1.40. The molecule has 3 nitrogen and oxygen atoms in total. The van der Waals surface area contributed by atoms with Crippen molar-refractivity contribution in [1.29, 1.82) is 0 Å². The van der Waals surface area contributed by atoms with Gasteiger partial charge >= 0.3 is 6.18 Å². The van der Waals surface area contributed by atoms with Gasteiger partial charge in [-0.15, -0.1) is 0 Å². The Bertz CT molecular complexity index is 308. The number of anilines is 1. The summed E-state index contributed by atoms with van der Waals surface area (Å²) < 4.78 is 36.8. The van der Waals surface area contributed by atoms with Gasteiger partial charge in [-0.1, -0.05) is 0 Å². The van der Waals surface area contributed by atoms with Crippen LogP contribution in [-0.4, -0.2) is 4.98 Å². The Morgan fingerprint density at radius 2 is 2.08 bits per heavy atom. The molecule has 0 atom stereocenters. The molecule has 0 spiro atoms. The second kappa shape index (κ2) is 3.21. The lowest BCUT2D eigenvalue weighted by molar-refractivity contribution is -0.138. The molecule has 0 fully saturated rings. The number of alkyl halides is 3. The summed E-state index contributed by atoms with van der Waals surface area (Å²) in [4.78, 5) is 3.63. The third-order valence-electron chi connectivity index (χ3n) is 1.56. The van der Waals surface area contributed by atoms with E-state index in [2.05, 4.69) is 10.4 Å². The Kier molecular flexibility index (Phi) is 2.42. The molecule has 0 saturated carbocycles. The van der Waals surface area contributed by atoms with Gasteiger partial charge in [-0.3, -0.25) is 0 Å². The second-order valence-electron chi connectivity index (χ2n) is 2.53. The highest BCUT2D eigenvalue weighted by Gasteiger charge is 2.32. The van der Waals surface area contributed by atoms with Gasteiger partial charge in [0.05, 0.1) is 5.56 Å². The van der Waals surface area contributed by atoms with Crippen molar-refractivity contribution >= 4 is 5.82 Å². The van der Waals surface area contributed by atoms with Gasteiger partial charge in [0.25, 0.3) is 0 Å². The first-order valence-corrected chi connectivity index (χ1v) is 3.45. The molecule has 1 aromatic rings. The van der Waals surface area contributed by atoms with Crippen LogP contribution in [0.4, 0.5) is 19.0 Å². The van der Waals surface area contributed by atoms with Gasteiger partial charge in [0.15, 0.2) is 0 Å². The van der Waals surface area contributed by atoms with E-state index in [0.29, 0.717) is 0 Å². The summed E-state index contributed by atoms with van der Waals surface area (Å²) in [5, 5.41) is 0. The SMILES string of the molecule is Cc1cnc(NN)cc1C(F)(F)F. The van der Waals surface area contributed by atoms with Crippen molar-refractivity contribution in [2.24, 2.45) is 5.84 Å². The molecule has 0 saturated heterocycles. The van der Waals surface area contributed by atoms with Crippen LogP contribution in [0.15, 0.2) is 12.3 Å². The van der Waals surface area contributed by atoms with E-state index in [-0.39, 0.29) is 11.4 Å². The zero-order valence-electron chi connectivity index (χ0n) is 6.81. The van der Waals surface area contributed by atoms with E-state index in [1.165, 1.54) is 6.92 Å². The van der Waals surface area contributed by atoms with Crippen LogP contribution in [0.1, 0.15) is 11.1 Å². The Labute approximate surface area is 72.7 Å². The first-order valence-electron chi connectivity index (χ1n) is 3.45. The van der Waals surface area contributed by atoms with E-state index >= 15 is 0 Å². The molecular formula is C7H8F3N3. The van der Waals surface area contributed by atoms with E-state index in [9.17, 15) is 13.2 Å². The molecule has 1 aromatic heterocycles. The molecular weight excluding hydrogens is 183 g/mol. The van der Waals surface area contributed by atoms with Crippen LogP contribution in [0.25, 0.3) is 0 Å². The van der Waals surface area contributed by atoms with Crippen molar-refractivity contribution in [3.63, 3.8) is 0 Å². The maximum atomic E-state index is 12.3. The zero-order valence-corrected chi connectivity index (χ0v) is 6.81. The average Bonchev–Trinajstić information content (AvgIpc) is 2.03. The normalized spacial score (nSPS) is 11.5. The minimum Gasteiger partial charge on any atom is -0.308 e. The standard InChI is InChI=1S/C7H8F3N3/c1-4-3-12-6(13-11)2-5(4)7(8,9)10/h2-3H,11H2,1H3,(H,12,13). The molecule has 13 heavy (non-hydrogen) atoms. The van der Waals surface area contributed by atoms with Crippen molar-refractivity contribution in [3.05, 3.63) is 23.4 Å². The third kappa shape index (κ3) is 2.09. The molecule has 0 amide bonds. The average molecular weight is 191 g/mol. The van der Waals surface area contributed by atoms with Gasteiger partial charge in [0.2, 0.25) is 0 Å². The number of nitrogens with one attached hydrogen (secondary N) is 1. The van der Waals surface area contributed by atoms with Gasteiger partial charge in [0.1, 0.15) is 5.82 Å². The van der Waals surface area contributed by atoms with Crippen LogP contribution in [0.3, 0.4) is 0 Å². The van der Waals surface area contributed by atoms with Crippen LogP contribution in [0, 0.1) is 6.92 Å². The Hall–Kier alpha value is -1.30. The molecule has 0 radical (unpaired) electrons. The maximum absolute atomic E-state index is 12.3. The number of hydrogen-bond acceptors (Lipinski definition) is 3. The predicted octanol–water partition coefficient (Wildman–Crippen LogP) is 1.69. The monoisotopic (exact) mass is 191 g/mol. The van der Waals surface area contributed by atoms with Crippen molar-refractivity contribution in [2.75, 3.05) is 5.43 Å². The van der Waals surface area contributed by atoms with Gasteiger partial charge < -0.3 is 5.43 Å². The number of aromatic nitrogens is 1. The fourth-order valence-electron chi connectivity index (χ4n) is 0.908. The number of pyridine rings is 1. The fraction of sp³-hybridized carbons (Fsp3) is 0.286. The largest absolute Gasteiger partial charge is 0.416 e. The molecule has 0 aliphatic carbocycles. The minimum absolute atomic E-state index is 0.00192. The van der Waals surface area contributed by atoms with Crippen molar-refractivity contribution < 1.29 is 13.2 Å². The highest BCUT2D eigenvalue weighted by molar-refractivity contribution is 5.40. The van der Waals surface area contributed by atoms with E-state index in [0.717, 1.165) is 12.3 Å². The van der Waals surface area contributed by atoms with Gasteiger partial charge in [-0.2, -0.15) is 13.2 Å². The summed E-state index contributed by atoms with van der Waals surface area (Å²) in [6.07, 6.45) is -3.24.